The van der Waals surface area contributed by atoms with Crippen molar-refractivity contribution in [2.24, 2.45) is 0 Å². The summed E-state index contributed by atoms with van der Waals surface area (Å²) in [6.45, 7) is 8.51. The van der Waals surface area contributed by atoms with Crippen LogP contribution in [0.2, 0.25) is 0 Å². The van der Waals surface area contributed by atoms with Gasteiger partial charge in [-0.25, -0.2) is 0 Å². The summed E-state index contributed by atoms with van der Waals surface area (Å²) in [5.74, 6) is 0.418. The minimum Gasteiger partial charge on any atom is -0.258 e. The Bertz CT molecular complexity index is 492. The zero-order valence-corrected chi connectivity index (χ0v) is 11.6. The zero-order valence-electron chi connectivity index (χ0n) is 11.6. The van der Waals surface area contributed by atoms with Crippen molar-refractivity contribution in [3.05, 3.63) is 38.9 Å². The van der Waals surface area contributed by atoms with E-state index in [-0.39, 0.29) is 16.0 Å². The van der Waals surface area contributed by atoms with Gasteiger partial charge in [-0.3, -0.25) is 10.1 Å². The molecule has 98 valence electrons. The molecule has 0 aromatic heterocycles. The maximum Gasteiger partial charge on any atom is 0.272 e. The van der Waals surface area contributed by atoms with E-state index in [2.05, 4.69) is 20.8 Å². The maximum atomic E-state index is 11.1. The van der Waals surface area contributed by atoms with Crippen molar-refractivity contribution in [3.63, 3.8) is 0 Å². The van der Waals surface area contributed by atoms with Gasteiger partial charge in [0.05, 0.1) is 4.92 Å². The number of fused-ring (bicyclic) bond motifs is 1. The van der Waals surface area contributed by atoms with Crippen LogP contribution in [0, 0.1) is 17.0 Å². The van der Waals surface area contributed by atoms with Gasteiger partial charge in [0.2, 0.25) is 0 Å². The van der Waals surface area contributed by atoms with Crippen LogP contribution < -0.4 is 0 Å². The summed E-state index contributed by atoms with van der Waals surface area (Å²) in [4.78, 5) is 10.8. The Kier molecular flexibility index (Phi) is 3.18. The third kappa shape index (κ3) is 2.14. The molecule has 1 atom stereocenters. The molecule has 3 nitrogen and oxygen atoms in total. The van der Waals surface area contributed by atoms with Gasteiger partial charge in [-0.15, -0.1) is 0 Å². The summed E-state index contributed by atoms with van der Waals surface area (Å²) in [6, 6.07) is 3.84. The highest BCUT2D eigenvalue weighted by Gasteiger charge is 2.30. The second-order valence-electron chi connectivity index (χ2n) is 6.16. The number of benzene rings is 1. The molecule has 1 aliphatic carbocycles. The number of aryl methyl sites for hydroxylation is 1. The quantitative estimate of drug-likeness (QED) is 0.417. The van der Waals surface area contributed by atoms with Crippen molar-refractivity contribution in [3.8, 4) is 0 Å². The molecule has 1 unspecified atom stereocenters. The average Bonchev–Trinajstić information content (AvgIpc) is 2.36. The highest BCUT2D eigenvalue weighted by atomic mass is 16.6. The van der Waals surface area contributed by atoms with E-state index in [1.807, 2.05) is 19.1 Å². The topological polar surface area (TPSA) is 43.1 Å². The van der Waals surface area contributed by atoms with Crippen LogP contribution in [0.15, 0.2) is 12.1 Å². The van der Waals surface area contributed by atoms with Gasteiger partial charge >= 0.3 is 0 Å². The lowest BCUT2D eigenvalue weighted by Crippen LogP contribution is -2.18. The molecular weight excluding hydrogens is 226 g/mol. The summed E-state index contributed by atoms with van der Waals surface area (Å²) < 4.78 is 0. The van der Waals surface area contributed by atoms with Gasteiger partial charge in [0, 0.05) is 11.6 Å². The predicted molar refractivity (Wildman–Crippen MR) is 73.1 cm³/mol. The van der Waals surface area contributed by atoms with Gasteiger partial charge in [-0.1, -0.05) is 27.2 Å². The van der Waals surface area contributed by atoms with Crippen molar-refractivity contribution in [1.29, 1.82) is 0 Å². The first-order chi connectivity index (χ1) is 8.33. The Labute approximate surface area is 108 Å². The number of hydrogen-bond acceptors (Lipinski definition) is 2. The van der Waals surface area contributed by atoms with E-state index in [4.69, 9.17) is 0 Å². The van der Waals surface area contributed by atoms with Gasteiger partial charge in [0.1, 0.15) is 0 Å². The molecule has 0 radical (unpaired) electrons. The number of rotatable bonds is 1. The molecule has 0 saturated heterocycles. The monoisotopic (exact) mass is 247 g/mol. The normalized spacial score (nSPS) is 22.1. The third-order valence-electron chi connectivity index (χ3n) is 4.26. The maximum absolute atomic E-state index is 11.1. The lowest BCUT2D eigenvalue weighted by atomic mass is 9.78. The van der Waals surface area contributed by atoms with Gasteiger partial charge < -0.3 is 0 Å². The van der Waals surface area contributed by atoms with Crippen LogP contribution in [-0.2, 0) is 5.41 Å². The Morgan fingerprint density at radius 1 is 1.39 bits per heavy atom. The van der Waals surface area contributed by atoms with Crippen LogP contribution in [-0.4, -0.2) is 4.92 Å². The fourth-order valence-electron chi connectivity index (χ4n) is 3.04. The molecular formula is C15H21NO2. The number of hydrogen-bond donors (Lipinski definition) is 0. The first kappa shape index (κ1) is 13.1. The van der Waals surface area contributed by atoms with E-state index in [1.54, 1.807) is 0 Å². The molecule has 0 N–H and O–H groups in total. The second kappa shape index (κ2) is 4.38. The Balaban J connectivity index is 2.66. The SMILES string of the molecule is Cc1cc2c(cc1[N+](=O)[O-])C(C)CCCC2(C)C. The van der Waals surface area contributed by atoms with Crippen molar-refractivity contribution in [1.82, 2.24) is 0 Å². The summed E-state index contributed by atoms with van der Waals surface area (Å²) in [7, 11) is 0. The molecule has 0 saturated carbocycles. The average molecular weight is 247 g/mol. The molecule has 0 aliphatic heterocycles. The highest BCUT2D eigenvalue weighted by molar-refractivity contribution is 5.50. The van der Waals surface area contributed by atoms with E-state index < -0.39 is 0 Å². The van der Waals surface area contributed by atoms with Crippen LogP contribution in [0.4, 0.5) is 5.69 Å². The number of nitrogens with zero attached hydrogens (tertiary/aromatic N) is 1. The lowest BCUT2D eigenvalue weighted by molar-refractivity contribution is -0.385. The number of nitro groups is 1. The minimum atomic E-state index is -0.264. The van der Waals surface area contributed by atoms with Crippen LogP contribution in [0.3, 0.4) is 0 Å². The summed E-state index contributed by atoms with van der Waals surface area (Å²) in [6.07, 6.45) is 3.47. The molecule has 2 rings (SSSR count). The van der Waals surface area contributed by atoms with Gasteiger partial charge in [0.15, 0.2) is 0 Å². The summed E-state index contributed by atoms with van der Waals surface area (Å²) in [5, 5.41) is 11.1. The summed E-state index contributed by atoms with van der Waals surface area (Å²) >= 11 is 0. The number of nitro benzene ring substituents is 1. The van der Waals surface area contributed by atoms with E-state index in [9.17, 15) is 10.1 Å². The van der Waals surface area contributed by atoms with E-state index in [0.29, 0.717) is 5.92 Å². The highest BCUT2D eigenvalue weighted by Crippen LogP contribution is 2.42. The van der Waals surface area contributed by atoms with Crippen molar-refractivity contribution >= 4 is 5.69 Å². The zero-order chi connectivity index (χ0) is 13.5. The Hall–Kier alpha value is -1.38. The lowest BCUT2D eigenvalue weighted by Gasteiger charge is -2.26. The minimum absolute atomic E-state index is 0.125. The Morgan fingerprint density at radius 2 is 2.06 bits per heavy atom. The van der Waals surface area contributed by atoms with E-state index in [0.717, 1.165) is 18.4 Å². The molecule has 0 bridgehead atoms. The van der Waals surface area contributed by atoms with Crippen LogP contribution in [0.25, 0.3) is 0 Å². The molecule has 0 fully saturated rings. The van der Waals surface area contributed by atoms with Gasteiger partial charge in [-0.05, 0) is 48.3 Å². The van der Waals surface area contributed by atoms with Crippen molar-refractivity contribution in [2.75, 3.05) is 0 Å². The predicted octanol–water partition coefficient (Wildman–Crippen LogP) is 4.47. The van der Waals surface area contributed by atoms with E-state index >= 15 is 0 Å². The largest absolute Gasteiger partial charge is 0.272 e. The molecule has 1 aromatic carbocycles. The summed E-state index contributed by atoms with van der Waals surface area (Å²) in [5.41, 5.74) is 3.64. The van der Waals surface area contributed by atoms with E-state index in [1.165, 1.54) is 17.5 Å². The molecule has 18 heavy (non-hydrogen) atoms. The second-order valence-corrected chi connectivity index (χ2v) is 6.16. The molecule has 0 spiro atoms. The molecule has 3 heteroatoms. The fourth-order valence-corrected chi connectivity index (χ4v) is 3.04. The van der Waals surface area contributed by atoms with Crippen LogP contribution in [0.5, 0.6) is 0 Å². The van der Waals surface area contributed by atoms with Gasteiger partial charge in [-0.2, -0.15) is 0 Å². The smallest absolute Gasteiger partial charge is 0.258 e. The fraction of sp³-hybridized carbons (Fsp3) is 0.600. The van der Waals surface area contributed by atoms with Crippen LogP contribution in [0.1, 0.15) is 62.6 Å². The standard InChI is InChI=1S/C15H21NO2/c1-10-6-5-7-15(3,4)13-8-11(2)14(16(17)18)9-12(10)13/h8-10H,5-7H2,1-4H3. The molecule has 0 amide bonds. The molecule has 0 heterocycles. The third-order valence-corrected chi connectivity index (χ3v) is 4.26. The molecule has 1 aliphatic rings. The van der Waals surface area contributed by atoms with Crippen molar-refractivity contribution in [2.45, 2.75) is 58.3 Å². The van der Waals surface area contributed by atoms with Crippen molar-refractivity contribution < 1.29 is 4.92 Å². The first-order valence-corrected chi connectivity index (χ1v) is 6.62. The van der Waals surface area contributed by atoms with Gasteiger partial charge in [0.25, 0.3) is 5.69 Å². The van der Waals surface area contributed by atoms with Crippen LogP contribution >= 0.6 is 0 Å². The molecule has 1 aromatic rings. The first-order valence-electron chi connectivity index (χ1n) is 6.62. The Morgan fingerprint density at radius 3 is 2.67 bits per heavy atom.